The van der Waals surface area contributed by atoms with E-state index < -0.39 is 6.43 Å². The molecule has 5 heterocycles. The molecule has 0 bridgehead atoms. The van der Waals surface area contributed by atoms with Gasteiger partial charge < -0.3 is 14.8 Å². The fraction of sp³-hybridized carbons (Fsp3) is 0.227. The highest BCUT2D eigenvalue weighted by Crippen LogP contribution is 2.42. The summed E-state index contributed by atoms with van der Waals surface area (Å²) < 4.78 is 55.5. The van der Waals surface area contributed by atoms with Gasteiger partial charge in [0.2, 0.25) is 0 Å². The molecular weight excluding hydrogens is 423 g/mol. The average Bonchev–Trinajstić information content (AvgIpc) is 3.45. The van der Waals surface area contributed by atoms with Crippen molar-refractivity contribution in [2.45, 2.75) is 18.9 Å². The standard InChI is InChI=1S/C22H16F3N5O2/c23-15-3-4-16-18-11(8-31-16)9-32-17-6-13(12-2-1-5-26-19(12)20(24)25)21-29-28-10-30(21)22(17)27-7-14(15)18/h1-6,10-11,20,27H,7-9H2/t11-/m1/s1. The van der Waals surface area contributed by atoms with Crippen molar-refractivity contribution in [2.24, 2.45) is 0 Å². The van der Waals surface area contributed by atoms with Gasteiger partial charge in [0.25, 0.3) is 6.43 Å². The highest BCUT2D eigenvalue weighted by Gasteiger charge is 2.32. The predicted molar refractivity (Wildman–Crippen MR) is 109 cm³/mol. The molecule has 1 atom stereocenters. The molecule has 32 heavy (non-hydrogen) atoms. The highest BCUT2D eigenvalue weighted by atomic mass is 19.3. The first-order valence-electron chi connectivity index (χ1n) is 10.0. The summed E-state index contributed by atoms with van der Waals surface area (Å²) in [5.74, 6) is 1.09. The van der Waals surface area contributed by atoms with Gasteiger partial charge in [0.15, 0.2) is 17.2 Å². The summed E-state index contributed by atoms with van der Waals surface area (Å²) in [5, 5.41) is 11.3. The lowest BCUT2D eigenvalue weighted by molar-refractivity contribution is 0.147. The van der Waals surface area contributed by atoms with E-state index in [1.165, 1.54) is 18.6 Å². The van der Waals surface area contributed by atoms with Crippen LogP contribution in [0.4, 0.5) is 19.0 Å². The van der Waals surface area contributed by atoms with E-state index in [1.54, 1.807) is 28.7 Å². The number of fused-ring (bicyclic) bond motifs is 3. The molecule has 0 amide bonds. The Balaban J connectivity index is 1.53. The Kier molecular flexibility index (Phi) is 4.20. The van der Waals surface area contributed by atoms with Gasteiger partial charge in [-0.25, -0.2) is 13.2 Å². The van der Waals surface area contributed by atoms with E-state index in [2.05, 4.69) is 20.5 Å². The summed E-state index contributed by atoms with van der Waals surface area (Å²) in [6, 6.07) is 7.83. The maximum atomic E-state index is 14.7. The summed E-state index contributed by atoms with van der Waals surface area (Å²) in [5.41, 5.74) is 1.97. The van der Waals surface area contributed by atoms with E-state index in [4.69, 9.17) is 9.47 Å². The van der Waals surface area contributed by atoms with Crippen molar-refractivity contribution in [3.8, 4) is 22.6 Å². The number of benzene rings is 1. The van der Waals surface area contributed by atoms with Crippen LogP contribution in [0.2, 0.25) is 0 Å². The quantitative estimate of drug-likeness (QED) is 0.501. The fourth-order valence-electron chi connectivity index (χ4n) is 4.40. The lowest BCUT2D eigenvalue weighted by atomic mass is 9.96. The zero-order valence-electron chi connectivity index (χ0n) is 16.6. The van der Waals surface area contributed by atoms with Gasteiger partial charge in [-0.05, 0) is 24.3 Å². The van der Waals surface area contributed by atoms with Gasteiger partial charge in [0, 0.05) is 35.0 Å². The van der Waals surface area contributed by atoms with Crippen LogP contribution in [0.15, 0.2) is 42.9 Å². The minimum absolute atomic E-state index is 0.154. The Labute approximate surface area is 179 Å². The molecular formula is C22H16F3N5O2. The van der Waals surface area contributed by atoms with Gasteiger partial charge in [-0.15, -0.1) is 10.2 Å². The summed E-state index contributed by atoms with van der Waals surface area (Å²) >= 11 is 0. The first-order valence-corrected chi connectivity index (χ1v) is 10.0. The van der Waals surface area contributed by atoms with Crippen LogP contribution in [-0.4, -0.2) is 32.8 Å². The van der Waals surface area contributed by atoms with Crippen LogP contribution in [0.5, 0.6) is 11.5 Å². The van der Waals surface area contributed by atoms with Crippen LogP contribution in [0.1, 0.15) is 29.2 Å². The topological polar surface area (TPSA) is 73.6 Å². The van der Waals surface area contributed by atoms with E-state index in [1.807, 2.05) is 0 Å². The number of rotatable bonds is 2. The van der Waals surface area contributed by atoms with Crippen LogP contribution < -0.4 is 14.8 Å². The smallest absolute Gasteiger partial charge is 0.280 e. The van der Waals surface area contributed by atoms with Crippen molar-refractivity contribution in [1.29, 1.82) is 0 Å². The second-order valence-electron chi connectivity index (χ2n) is 7.64. The molecule has 4 aromatic rings. The SMILES string of the molecule is Fc1ccc2c3c1CNc1c(cc(-c4cccnc4C(F)F)c4nncn14)OC[C@H]3CO2. The molecule has 162 valence electrons. The molecule has 0 spiro atoms. The Bertz CT molecular complexity index is 1360. The Hall–Kier alpha value is -3.82. The maximum absolute atomic E-state index is 14.7. The van der Waals surface area contributed by atoms with E-state index >= 15 is 0 Å². The maximum Gasteiger partial charge on any atom is 0.280 e. The van der Waals surface area contributed by atoms with Crippen molar-refractivity contribution in [3.63, 3.8) is 0 Å². The Morgan fingerprint density at radius 1 is 1.09 bits per heavy atom. The normalized spacial score (nSPS) is 16.9. The minimum Gasteiger partial charge on any atom is -0.493 e. The molecule has 2 aliphatic heterocycles. The number of nitrogens with zero attached hydrogens (tertiary/aromatic N) is 4. The Morgan fingerprint density at radius 3 is 2.78 bits per heavy atom. The number of nitrogens with one attached hydrogen (secondary N) is 1. The third kappa shape index (κ3) is 2.79. The Morgan fingerprint density at radius 2 is 1.94 bits per heavy atom. The van der Waals surface area contributed by atoms with Crippen molar-refractivity contribution in [1.82, 2.24) is 19.6 Å². The first kappa shape index (κ1) is 18.9. The summed E-state index contributed by atoms with van der Waals surface area (Å²) in [7, 11) is 0. The van der Waals surface area contributed by atoms with Crippen molar-refractivity contribution in [3.05, 3.63) is 65.5 Å². The van der Waals surface area contributed by atoms with E-state index in [0.29, 0.717) is 40.7 Å². The monoisotopic (exact) mass is 439 g/mol. The molecule has 2 aliphatic rings. The predicted octanol–water partition coefficient (Wildman–Crippen LogP) is 4.35. The van der Waals surface area contributed by atoms with Crippen molar-refractivity contribution >= 4 is 11.5 Å². The van der Waals surface area contributed by atoms with Gasteiger partial charge in [-0.3, -0.25) is 9.38 Å². The van der Waals surface area contributed by atoms with Crippen LogP contribution in [0, 0.1) is 5.82 Å². The number of hydrogen-bond acceptors (Lipinski definition) is 6. The minimum atomic E-state index is -2.76. The van der Waals surface area contributed by atoms with Crippen LogP contribution in [-0.2, 0) is 6.54 Å². The summed E-state index contributed by atoms with van der Waals surface area (Å²) in [6.07, 6.45) is 0.0282. The molecule has 1 aromatic carbocycles. The van der Waals surface area contributed by atoms with E-state index in [9.17, 15) is 13.2 Å². The van der Waals surface area contributed by atoms with Crippen LogP contribution in [0.3, 0.4) is 0 Å². The van der Waals surface area contributed by atoms with Crippen molar-refractivity contribution in [2.75, 3.05) is 18.5 Å². The lowest BCUT2D eigenvalue weighted by Gasteiger charge is -2.17. The van der Waals surface area contributed by atoms with Gasteiger partial charge in [-0.1, -0.05) is 6.07 Å². The van der Waals surface area contributed by atoms with Crippen LogP contribution in [0.25, 0.3) is 16.8 Å². The number of anilines is 1. The molecule has 0 radical (unpaired) electrons. The van der Waals surface area contributed by atoms with Gasteiger partial charge in [-0.2, -0.15) is 0 Å². The van der Waals surface area contributed by atoms with Gasteiger partial charge in [0.1, 0.15) is 23.6 Å². The van der Waals surface area contributed by atoms with Crippen LogP contribution >= 0.6 is 0 Å². The third-order valence-electron chi connectivity index (χ3n) is 5.85. The zero-order valence-corrected chi connectivity index (χ0v) is 16.6. The second-order valence-corrected chi connectivity index (χ2v) is 7.64. The molecule has 0 aliphatic carbocycles. The second kappa shape index (κ2) is 7.11. The van der Waals surface area contributed by atoms with E-state index in [-0.39, 0.29) is 36.1 Å². The molecule has 10 heteroatoms. The van der Waals surface area contributed by atoms with Gasteiger partial charge >= 0.3 is 0 Å². The first-order chi connectivity index (χ1) is 15.6. The number of aromatic nitrogens is 4. The molecule has 6 rings (SSSR count). The lowest BCUT2D eigenvalue weighted by Crippen LogP contribution is -2.13. The van der Waals surface area contributed by atoms with Crippen molar-refractivity contribution < 1.29 is 22.6 Å². The largest absolute Gasteiger partial charge is 0.493 e. The summed E-state index contributed by atoms with van der Waals surface area (Å²) in [6.45, 7) is 0.800. The molecule has 0 saturated carbocycles. The third-order valence-corrected chi connectivity index (χ3v) is 5.85. The molecule has 3 aromatic heterocycles. The molecule has 0 unspecified atom stereocenters. The molecule has 0 fully saturated rings. The average molecular weight is 439 g/mol. The fourth-order valence-corrected chi connectivity index (χ4v) is 4.40. The number of alkyl halides is 2. The van der Waals surface area contributed by atoms with E-state index in [0.717, 1.165) is 5.56 Å². The van der Waals surface area contributed by atoms with Gasteiger partial charge in [0.05, 0.1) is 19.1 Å². The number of hydrogen-bond donors (Lipinski definition) is 1. The highest BCUT2D eigenvalue weighted by molar-refractivity contribution is 5.83. The number of ether oxygens (including phenoxy) is 2. The zero-order chi connectivity index (χ0) is 21.8. The number of halogens is 3. The molecule has 0 saturated heterocycles. The number of pyridine rings is 2. The molecule has 7 nitrogen and oxygen atoms in total. The molecule has 1 N–H and O–H groups in total. The summed E-state index contributed by atoms with van der Waals surface area (Å²) in [4.78, 5) is 3.85.